The molecule has 0 saturated carbocycles. The van der Waals surface area contributed by atoms with Gasteiger partial charge in [-0.05, 0) is 36.4 Å². The molecule has 4 aliphatic rings. The van der Waals surface area contributed by atoms with Gasteiger partial charge in [0, 0.05) is 28.7 Å². The molecule has 0 radical (unpaired) electrons. The second-order valence-corrected chi connectivity index (χ2v) is 17.4. The van der Waals surface area contributed by atoms with Crippen LogP contribution in [0.4, 0.5) is 0 Å². The fourth-order valence-electron chi connectivity index (χ4n) is 8.84. The zero-order valence-electron chi connectivity index (χ0n) is 38.8. The molecule has 0 aromatic heterocycles. The lowest BCUT2D eigenvalue weighted by Gasteiger charge is -2.41. The number of esters is 7. The first-order valence-electron chi connectivity index (χ1n) is 22.1. The second kappa shape index (κ2) is 19.6. The Hall–Kier alpha value is -10.5. The van der Waals surface area contributed by atoms with Crippen molar-refractivity contribution in [3.8, 4) is 97.4 Å². The number of fused-ring (bicyclic) bond motifs is 6. The van der Waals surface area contributed by atoms with Crippen molar-refractivity contribution in [3.63, 3.8) is 0 Å². The van der Waals surface area contributed by atoms with Gasteiger partial charge in [-0.15, -0.1) is 0 Å². The topological polar surface area (TPSA) is 514 Å². The molecule has 4 heterocycles. The number of phenolic OH excluding ortho intramolecular Hbond substituents is 11. The molecule has 1 saturated heterocycles. The molecule has 9 rings (SSSR count). The second-order valence-electron chi connectivity index (χ2n) is 17.4. The van der Waals surface area contributed by atoms with Crippen molar-refractivity contribution in [3.05, 3.63) is 75.8 Å². The maximum absolute atomic E-state index is 14.4. The van der Waals surface area contributed by atoms with Crippen LogP contribution in [0.5, 0.6) is 86.2 Å². The van der Waals surface area contributed by atoms with Gasteiger partial charge in [-0.25, -0.2) is 28.8 Å². The molecule has 0 amide bonds. The third kappa shape index (κ3) is 9.09. The Kier molecular flexibility index (Phi) is 13.2. The lowest BCUT2D eigenvalue weighted by molar-refractivity contribution is -0.284. The van der Waals surface area contributed by atoms with Crippen LogP contribution in [-0.2, 0) is 33.3 Å². The summed E-state index contributed by atoms with van der Waals surface area (Å²) < 4.78 is 42.1. The van der Waals surface area contributed by atoms with Crippen LogP contribution in [0.2, 0.25) is 0 Å². The number of carbonyl (C=O) groups excluding carboxylic acids is 7. The van der Waals surface area contributed by atoms with Crippen LogP contribution in [0.1, 0.15) is 69.7 Å². The fourth-order valence-corrected chi connectivity index (χ4v) is 8.84. The Bertz CT molecular complexity index is 3520. The van der Waals surface area contributed by atoms with Gasteiger partial charge in [-0.3, -0.25) is 9.59 Å². The van der Waals surface area contributed by atoms with Gasteiger partial charge >= 0.3 is 47.8 Å². The number of cyclic esters (lactones) is 1. The van der Waals surface area contributed by atoms with E-state index < -0.39 is 240 Å². The molecule has 79 heavy (non-hydrogen) atoms. The van der Waals surface area contributed by atoms with E-state index in [0.717, 1.165) is 0 Å². The molecule has 31 heteroatoms. The average molecular weight is 1110 g/mol. The van der Waals surface area contributed by atoms with Crippen LogP contribution in [-0.4, -0.2) is 168 Å². The predicted octanol–water partition coefficient (Wildman–Crippen LogP) is -0.0735. The molecule has 0 spiro atoms. The summed E-state index contributed by atoms with van der Waals surface area (Å²) in [6.07, 6.45) is -15.6. The predicted molar refractivity (Wildman–Crippen MR) is 241 cm³/mol. The third-order valence-electron chi connectivity index (χ3n) is 12.6. The molecule has 4 aliphatic heterocycles. The Balaban J connectivity index is 1.08. The number of aromatic hydroxyl groups is 11. The number of carboxylic acid groups (broad SMARTS) is 1. The highest BCUT2D eigenvalue weighted by Gasteiger charge is 2.52. The Morgan fingerprint density at radius 3 is 1.80 bits per heavy atom. The van der Waals surface area contributed by atoms with E-state index in [1.165, 1.54) is 0 Å². The molecule has 15 N–H and O–H groups in total. The lowest BCUT2D eigenvalue weighted by Crippen LogP contribution is -2.61. The number of aliphatic hydroxyl groups excluding tert-OH is 3. The van der Waals surface area contributed by atoms with Gasteiger partial charge < -0.3 is 114 Å². The normalized spacial score (nSPS) is 22.4. The van der Waals surface area contributed by atoms with Gasteiger partial charge in [0.25, 0.3) is 0 Å². The molecule has 31 nitrogen and oxygen atoms in total. The minimum atomic E-state index is -2.57. The largest absolute Gasteiger partial charge is 0.504 e. The number of carboxylic acids is 1. The van der Waals surface area contributed by atoms with Crippen molar-refractivity contribution in [1.29, 1.82) is 0 Å². The summed E-state index contributed by atoms with van der Waals surface area (Å²) in [5.41, 5.74) is -7.72. The van der Waals surface area contributed by atoms with E-state index in [4.69, 9.17) is 37.9 Å². The highest BCUT2D eigenvalue weighted by Crippen LogP contribution is 2.55. The first kappa shape index (κ1) is 53.3. The molecule has 5 aromatic carbocycles. The smallest absolute Gasteiger partial charge is 0.344 e. The number of ether oxygens (including phenoxy) is 8. The first-order valence-corrected chi connectivity index (χ1v) is 22.1. The molecule has 5 aromatic rings. The molecule has 0 aliphatic carbocycles. The van der Waals surface area contributed by atoms with Crippen molar-refractivity contribution in [2.75, 3.05) is 6.61 Å². The summed E-state index contributed by atoms with van der Waals surface area (Å²) in [4.78, 5) is 108. The first-order chi connectivity index (χ1) is 37.2. The van der Waals surface area contributed by atoms with Gasteiger partial charge in [0.1, 0.15) is 18.8 Å². The number of rotatable bonds is 6. The molecule has 2 bridgehead atoms. The minimum absolute atomic E-state index is 0.391. The summed E-state index contributed by atoms with van der Waals surface area (Å²) in [5, 5.41) is 160. The monoisotopic (exact) mass is 1110 g/mol. The number of aliphatic carboxylic acids is 1. The van der Waals surface area contributed by atoms with Crippen LogP contribution >= 0.6 is 0 Å². The number of benzene rings is 5. The summed E-state index contributed by atoms with van der Waals surface area (Å²) in [6, 6.07) is 3.51. The number of hydrogen-bond acceptors (Lipinski definition) is 30. The van der Waals surface area contributed by atoms with E-state index in [9.17, 15) is 115 Å². The van der Waals surface area contributed by atoms with Gasteiger partial charge in [-0.2, -0.15) is 0 Å². The van der Waals surface area contributed by atoms with Crippen LogP contribution in [0, 0.1) is 5.92 Å². The molecular formula is C48H34O31. The van der Waals surface area contributed by atoms with Gasteiger partial charge in [0.15, 0.2) is 81.6 Å². The van der Waals surface area contributed by atoms with E-state index in [2.05, 4.69) is 0 Å². The van der Waals surface area contributed by atoms with Crippen molar-refractivity contribution < 1.29 is 153 Å². The van der Waals surface area contributed by atoms with Crippen molar-refractivity contribution in [1.82, 2.24) is 0 Å². The maximum Gasteiger partial charge on any atom is 0.344 e. The summed E-state index contributed by atoms with van der Waals surface area (Å²) in [6.45, 7) is -1.19. The highest BCUT2D eigenvalue weighted by molar-refractivity contribution is 6.09. The SMILES string of the molecule is O=C(O)CC1C(=O)Oc2cc(C(=O)OC3OC4COC(=O)c5cc(O)c(O)c(O)c5-c5c(cc(OC(=O)c6cc(O)c(O)c(O)c6)c(O)c5O)C(=O)OC(C4O)C3O)cc(O)c2OC(=O)c2cc(O)c(O)c3c2C1C(O)C(=O)O3. The van der Waals surface area contributed by atoms with E-state index in [-0.39, 0.29) is 0 Å². The van der Waals surface area contributed by atoms with Crippen molar-refractivity contribution in [2.24, 2.45) is 5.92 Å². The van der Waals surface area contributed by atoms with Crippen LogP contribution in [0.15, 0.2) is 42.5 Å². The van der Waals surface area contributed by atoms with Crippen LogP contribution < -0.4 is 18.9 Å². The van der Waals surface area contributed by atoms with Gasteiger partial charge in [0.2, 0.25) is 29.3 Å². The summed E-state index contributed by atoms with van der Waals surface area (Å²) >= 11 is 0. The standard InChI is InChI=1S/C48H34O31/c49-16-1-10(2-17(50)29(16)56)41(65)73-21-7-14-26(35(62)32(21)59)25-12(5-18(51)30(57)34(25)61)43(67)72-9-23-33(60)40(78-46(14)70)37(64)48(75-23)79-42(66)11-3-20(53)38-22(4-11)74-44(68)15(8-24(54)55)27-28-13(45(69)76-38)6-19(52)31(58)39(28)77-47(71)36(27)63/h1-7,15,23,27,33,36-37,40,48-53,56-64H,8-9H2,(H,54,55). The van der Waals surface area contributed by atoms with E-state index in [0.29, 0.717) is 42.5 Å². The minimum Gasteiger partial charge on any atom is -0.504 e. The molecule has 1 fully saturated rings. The molecule has 412 valence electrons. The molecule has 8 atom stereocenters. The number of aliphatic hydroxyl groups is 3. The quantitative estimate of drug-likeness (QED) is 0.0458. The van der Waals surface area contributed by atoms with E-state index in [1.54, 1.807) is 0 Å². The maximum atomic E-state index is 14.4. The number of hydrogen-bond donors (Lipinski definition) is 15. The Morgan fingerprint density at radius 2 is 1.14 bits per heavy atom. The zero-order chi connectivity index (χ0) is 57.5. The third-order valence-corrected chi connectivity index (χ3v) is 12.6. The Labute approximate surface area is 434 Å². The Morgan fingerprint density at radius 1 is 0.557 bits per heavy atom. The lowest BCUT2D eigenvalue weighted by atomic mass is 9.76. The number of phenols is 11. The number of carbonyl (C=O) groups is 8. The van der Waals surface area contributed by atoms with Crippen LogP contribution in [0.25, 0.3) is 11.1 Å². The zero-order valence-corrected chi connectivity index (χ0v) is 38.8. The van der Waals surface area contributed by atoms with E-state index in [1.807, 2.05) is 0 Å². The fraction of sp³-hybridized carbons (Fsp3) is 0.208. The average Bonchev–Trinajstić information content (AvgIpc) is 3.60. The van der Waals surface area contributed by atoms with Crippen molar-refractivity contribution >= 4 is 47.8 Å². The van der Waals surface area contributed by atoms with Gasteiger partial charge in [0.05, 0.1) is 40.2 Å². The van der Waals surface area contributed by atoms with Crippen LogP contribution in [0.3, 0.4) is 0 Å². The highest BCUT2D eigenvalue weighted by atomic mass is 16.7. The summed E-state index contributed by atoms with van der Waals surface area (Å²) in [7, 11) is 0. The summed E-state index contributed by atoms with van der Waals surface area (Å²) in [5.74, 6) is -36.0. The molecule has 8 unspecified atom stereocenters. The van der Waals surface area contributed by atoms with E-state index >= 15 is 0 Å². The van der Waals surface area contributed by atoms with Gasteiger partial charge in [-0.1, -0.05) is 0 Å². The molecular weight excluding hydrogens is 1070 g/mol. The van der Waals surface area contributed by atoms with Crippen molar-refractivity contribution in [2.45, 2.75) is 49.1 Å².